The number of nitrogens with zero attached hydrogens (tertiary/aromatic N) is 1. The van der Waals surface area contributed by atoms with Crippen molar-refractivity contribution in [1.82, 2.24) is 0 Å². The average Bonchev–Trinajstić information content (AvgIpc) is 2.77. The van der Waals surface area contributed by atoms with Gasteiger partial charge in [0.05, 0.1) is 15.6 Å². The SMILES string of the molecule is Cc1cccc(COc2c(Cl)cc(/C=C(/C#N)C(=O)Nc3cccc(C(=O)O)c3)cc2Cl)c1. The summed E-state index contributed by atoms with van der Waals surface area (Å²) in [6.07, 6.45) is 1.33. The van der Waals surface area contributed by atoms with E-state index in [0.717, 1.165) is 11.1 Å². The van der Waals surface area contributed by atoms with Gasteiger partial charge in [0, 0.05) is 5.69 Å². The topological polar surface area (TPSA) is 99.4 Å². The summed E-state index contributed by atoms with van der Waals surface area (Å²) >= 11 is 12.7. The number of nitrogens with one attached hydrogen (secondary N) is 1. The summed E-state index contributed by atoms with van der Waals surface area (Å²) in [4.78, 5) is 23.6. The third kappa shape index (κ3) is 6.36. The standard InChI is InChI=1S/C25H18Cl2N2O4/c1-15-4-2-5-16(8-15)14-33-23-21(26)10-17(11-22(23)27)9-19(13-28)24(30)29-20-7-3-6-18(12-20)25(31)32/h2-12H,14H2,1H3,(H,29,30)(H,31,32)/b19-9-. The molecule has 0 bridgehead atoms. The van der Waals surface area contributed by atoms with Crippen molar-refractivity contribution in [3.8, 4) is 11.8 Å². The maximum absolute atomic E-state index is 12.5. The number of aromatic carboxylic acids is 1. The highest BCUT2D eigenvalue weighted by molar-refractivity contribution is 6.37. The lowest BCUT2D eigenvalue weighted by molar-refractivity contribution is -0.112. The normalized spacial score (nSPS) is 10.9. The Morgan fingerprint density at radius 3 is 2.42 bits per heavy atom. The summed E-state index contributed by atoms with van der Waals surface area (Å²) in [5.74, 6) is -1.53. The summed E-state index contributed by atoms with van der Waals surface area (Å²) in [5.41, 5.74) is 2.54. The first kappa shape index (κ1) is 23.9. The maximum Gasteiger partial charge on any atom is 0.335 e. The second-order valence-electron chi connectivity index (χ2n) is 7.10. The van der Waals surface area contributed by atoms with E-state index in [0.29, 0.717) is 11.3 Å². The van der Waals surface area contributed by atoms with Crippen molar-refractivity contribution in [3.05, 3.63) is 98.5 Å². The van der Waals surface area contributed by atoms with Crippen LogP contribution in [0.2, 0.25) is 10.0 Å². The van der Waals surface area contributed by atoms with Gasteiger partial charge in [-0.15, -0.1) is 0 Å². The van der Waals surface area contributed by atoms with E-state index in [1.165, 1.54) is 42.5 Å². The molecule has 8 heteroatoms. The van der Waals surface area contributed by atoms with Crippen LogP contribution in [0.25, 0.3) is 6.08 Å². The number of nitriles is 1. The number of rotatable bonds is 7. The second-order valence-corrected chi connectivity index (χ2v) is 7.92. The van der Waals surface area contributed by atoms with E-state index in [-0.39, 0.29) is 33.5 Å². The molecule has 3 rings (SSSR count). The van der Waals surface area contributed by atoms with Gasteiger partial charge in [-0.25, -0.2) is 4.79 Å². The number of hydrogen-bond donors (Lipinski definition) is 2. The number of ether oxygens (including phenoxy) is 1. The minimum atomic E-state index is -1.13. The van der Waals surface area contributed by atoms with E-state index < -0.39 is 11.9 Å². The Morgan fingerprint density at radius 2 is 1.79 bits per heavy atom. The maximum atomic E-state index is 12.5. The first-order valence-electron chi connectivity index (χ1n) is 9.70. The zero-order chi connectivity index (χ0) is 24.0. The molecular weight excluding hydrogens is 463 g/mol. The van der Waals surface area contributed by atoms with Crippen molar-refractivity contribution in [2.45, 2.75) is 13.5 Å². The van der Waals surface area contributed by atoms with Crippen LogP contribution in [0.1, 0.15) is 27.0 Å². The van der Waals surface area contributed by atoms with Crippen molar-refractivity contribution in [2.24, 2.45) is 0 Å². The van der Waals surface area contributed by atoms with Gasteiger partial charge in [0.1, 0.15) is 18.2 Å². The number of carboxylic acid groups (broad SMARTS) is 1. The lowest BCUT2D eigenvalue weighted by atomic mass is 10.1. The summed E-state index contributed by atoms with van der Waals surface area (Å²) < 4.78 is 5.78. The van der Waals surface area contributed by atoms with Crippen LogP contribution in [0.15, 0.2) is 66.2 Å². The minimum absolute atomic E-state index is 0.00935. The molecule has 0 atom stereocenters. The molecule has 3 aromatic carbocycles. The van der Waals surface area contributed by atoms with Crippen molar-refractivity contribution in [1.29, 1.82) is 5.26 Å². The Hall–Kier alpha value is -3.79. The van der Waals surface area contributed by atoms with E-state index in [9.17, 15) is 14.9 Å². The quantitative estimate of drug-likeness (QED) is 0.313. The van der Waals surface area contributed by atoms with Gasteiger partial charge in [-0.1, -0.05) is 59.1 Å². The molecule has 0 aromatic heterocycles. The molecule has 0 unspecified atom stereocenters. The Balaban J connectivity index is 1.78. The molecule has 3 aromatic rings. The molecule has 0 heterocycles. The Bertz CT molecular complexity index is 1270. The third-order valence-electron chi connectivity index (χ3n) is 4.53. The molecule has 2 N–H and O–H groups in total. The molecule has 0 aliphatic rings. The number of anilines is 1. The Kier molecular flexibility index (Phi) is 7.73. The van der Waals surface area contributed by atoms with Gasteiger partial charge in [-0.2, -0.15) is 5.26 Å². The van der Waals surface area contributed by atoms with Gasteiger partial charge in [0.15, 0.2) is 5.75 Å². The molecule has 0 spiro atoms. The fourth-order valence-corrected chi connectivity index (χ4v) is 3.61. The van der Waals surface area contributed by atoms with Crippen molar-refractivity contribution < 1.29 is 19.4 Å². The summed E-state index contributed by atoms with van der Waals surface area (Å²) in [6, 6.07) is 18.4. The van der Waals surface area contributed by atoms with Crippen molar-refractivity contribution in [2.75, 3.05) is 5.32 Å². The summed E-state index contributed by atoms with van der Waals surface area (Å²) in [5, 5.41) is 21.5. The largest absolute Gasteiger partial charge is 0.486 e. The van der Waals surface area contributed by atoms with Crippen LogP contribution in [-0.4, -0.2) is 17.0 Å². The zero-order valence-electron chi connectivity index (χ0n) is 17.4. The number of carbonyl (C=O) groups excluding carboxylic acids is 1. The summed E-state index contributed by atoms with van der Waals surface area (Å²) in [7, 11) is 0. The number of benzene rings is 3. The number of halogens is 2. The molecule has 0 aliphatic heterocycles. The molecule has 1 amide bonds. The molecule has 33 heavy (non-hydrogen) atoms. The van der Waals surface area contributed by atoms with Crippen LogP contribution in [0.5, 0.6) is 5.75 Å². The summed E-state index contributed by atoms with van der Waals surface area (Å²) in [6.45, 7) is 2.26. The lowest BCUT2D eigenvalue weighted by Gasteiger charge is -2.12. The number of carbonyl (C=O) groups is 2. The van der Waals surface area contributed by atoms with E-state index in [1.807, 2.05) is 37.3 Å². The zero-order valence-corrected chi connectivity index (χ0v) is 18.9. The van der Waals surface area contributed by atoms with Crippen LogP contribution < -0.4 is 10.1 Å². The van der Waals surface area contributed by atoms with Crippen molar-refractivity contribution >= 4 is 46.8 Å². The smallest absolute Gasteiger partial charge is 0.335 e. The highest BCUT2D eigenvalue weighted by atomic mass is 35.5. The monoisotopic (exact) mass is 480 g/mol. The van der Waals surface area contributed by atoms with Crippen LogP contribution in [-0.2, 0) is 11.4 Å². The van der Waals surface area contributed by atoms with E-state index in [4.69, 9.17) is 33.0 Å². The number of carboxylic acids is 1. The Labute approximate surface area is 200 Å². The second kappa shape index (κ2) is 10.7. The molecule has 6 nitrogen and oxygen atoms in total. The van der Waals surface area contributed by atoms with Gasteiger partial charge >= 0.3 is 5.97 Å². The fourth-order valence-electron chi connectivity index (χ4n) is 3.00. The number of aryl methyl sites for hydroxylation is 1. The predicted octanol–water partition coefficient (Wildman–Crippen LogP) is 6.12. The molecule has 0 radical (unpaired) electrons. The van der Waals surface area contributed by atoms with Gasteiger partial charge < -0.3 is 15.2 Å². The molecule has 0 fully saturated rings. The predicted molar refractivity (Wildman–Crippen MR) is 128 cm³/mol. The van der Waals surface area contributed by atoms with Crippen molar-refractivity contribution in [3.63, 3.8) is 0 Å². The first-order valence-corrected chi connectivity index (χ1v) is 10.5. The van der Waals surface area contributed by atoms with Crippen LogP contribution in [0, 0.1) is 18.3 Å². The van der Waals surface area contributed by atoms with Gasteiger partial charge in [-0.05, 0) is 54.5 Å². The first-order chi connectivity index (χ1) is 15.8. The highest BCUT2D eigenvalue weighted by Gasteiger charge is 2.14. The van der Waals surface area contributed by atoms with Gasteiger partial charge in [0.2, 0.25) is 0 Å². The molecule has 0 aliphatic carbocycles. The Morgan fingerprint density at radius 1 is 1.09 bits per heavy atom. The third-order valence-corrected chi connectivity index (χ3v) is 5.09. The van der Waals surface area contributed by atoms with E-state index in [2.05, 4.69) is 5.32 Å². The van der Waals surface area contributed by atoms with Gasteiger partial charge in [0.25, 0.3) is 5.91 Å². The molecule has 0 saturated heterocycles. The van der Waals surface area contributed by atoms with Crippen LogP contribution >= 0.6 is 23.2 Å². The minimum Gasteiger partial charge on any atom is -0.486 e. The number of hydrogen-bond acceptors (Lipinski definition) is 4. The lowest BCUT2D eigenvalue weighted by Crippen LogP contribution is -2.14. The molecule has 0 saturated carbocycles. The molecule has 166 valence electrons. The highest BCUT2D eigenvalue weighted by Crippen LogP contribution is 2.35. The fraction of sp³-hybridized carbons (Fsp3) is 0.0800. The molecular formula is C25H18Cl2N2O4. The van der Waals surface area contributed by atoms with E-state index in [1.54, 1.807) is 0 Å². The van der Waals surface area contributed by atoms with Crippen LogP contribution in [0.4, 0.5) is 5.69 Å². The van der Waals surface area contributed by atoms with Gasteiger partial charge in [-0.3, -0.25) is 4.79 Å². The number of amides is 1. The van der Waals surface area contributed by atoms with E-state index >= 15 is 0 Å². The van der Waals surface area contributed by atoms with Crippen LogP contribution in [0.3, 0.4) is 0 Å². The average molecular weight is 481 g/mol.